The van der Waals surface area contributed by atoms with E-state index in [-0.39, 0.29) is 0 Å². The topological polar surface area (TPSA) is 21.3 Å². The van der Waals surface area contributed by atoms with Crippen LogP contribution in [0.25, 0.3) is 0 Å². The fraction of sp³-hybridized carbons (Fsp3) is 1.00. The molecule has 70 valence electrons. The van der Waals surface area contributed by atoms with Crippen molar-refractivity contribution in [1.29, 1.82) is 0 Å². The molecular weight excluding hydrogens is 150 g/mol. The molecule has 2 aliphatic heterocycles. The fourth-order valence-corrected chi connectivity index (χ4v) is 2.42. The second-order valence-electron chi connectivity index (χ2n) is 4.25. The summed E-state index contributed by atoms with van der Waals surface area (Å²) in [5.41, 5.74) is 0.606. The Morgan fingerprint density at radius 3 is 2.67 bits per heavy atom. The van der Waals surface area contributed by atoms with Gasteiger partial charge in [0.25, 0.3) is 0 Å². The molecule has 2 rings (SSSR count). The first-order valence-corrected chi connectivity index (χ1v) is 5.20. The normalized spacial score (nSPS) is 30.0. The highest BCUT2D eigenvalue weighted by molar-refractivity contribution is 4.85. The molecule has 2 heterocycles. The minimum Gasteiger partial charge on any atom is -0.381 e. The van der Waals surface area contributed by atoms with E-state index >= 15 is 0 Å². The lowest BCUT2D eigenvalue weighted by atomic mass is 9.77. The average Bonchev–Trinajstić information content (AvgIpc) is 2.33. The Balaban J connectivity index is 1.95. The van der Waals surface area contributed by atoms with E-state index in [1.54, 1.807) is 0 Å². The third-order valence-electron chi connectivity index (χ3n) is 3.36. The molecular formula is C10H19NO. The molecule has 2 saturated heterocycles. The van der Waals surface area contributed by atoms with E-state index in [9.17, 15) is 0 Å². The van der Waals surface area contributed by atoms with Gasteiger partial charge >= 0.3 is 0 Å². The average molecular weight is 169 g/mol. The van der Waals surface area contributed by atoms with Crippen molar-refractivity contribution in [3.8, 4) is 0 Å². The molecule has 0 radical (unpaired) electrons. The lowest BCUT2D eigenvalue weighted by Crippen LogP contribution is -2.37. The molecule has 2 heteroatoms. The van der Waals surface area contributed by atoms with Crippen LogP contribution in [0.2, 0.25) is 0 Å². The van der Waals surface area contributed by atoms with Gasteiger partial charge in [0.05, 0.1) is 0 Å². The van der Waals surface area contributed by atoms with E-state index in [2.05, 4.69) is 5.32 Å². The summed E-state index contributed by atoms with van der Waals surface area (Å²) < 4.78 is 5.41. The highest BCUT2D eigenvalue weighted by Gasteiger charge is 2.32. The Hall–Kier alpha value is -0.0800. The first kappa shape index (κ1) is 8.52. The Kier molecular flexibility index (Phi) is 2.66. The Morgan fingerprint density at radius 2 is 1.83 bits per heavy atom. The van der Waals surface area contributed by atoms with Crippen molar-refractivity contribution in [2.45, 2.75) is 32.1 Å². The summed E-state index contributed by atoms with van der Waals surface area (Å²) in [6.07, 6.45) is 6.75. The maximum absolute atomic E-state index is 5.41. The zero-order valence-electron chi connectivity index (χ0n) is 7.77. The number of hydrogen-bond acceptors (Lipinski definition) is 2. The van der Waals surface area contributed by atoms with Crippen LogP contribution in [-0.2, 0) is 4.74 Å². The van der Waals surface area contributed by atoms with Crippen LogP contribution in [0, 0.1) is 5.41 Å². The number of nitrogens with one attached hydrogen (secondary N) is 1. The summed E-state index contributed by atoms with van der Waals surface area (Å²) in [6, 6.07) is 0. The van der Waals surface area contributed by atoms with Crippen molar-refractivity contribution < 1.29 is 4.74 Å². The molecule has 0 aromatic heterocycles. The third-order valence-corrected chi connectivity index (χ3v) is 3.36. The first-order valence-electron chi connectivity index (χ1n) is 5.20. The second kappa shape index (κ2) is 3.75. The highest BCUT2D eigenvalue weighted by Crippen LogP contribution is 2.36. The van der Waals surface area contributed by atoms with Crippen LogP contribution in [-0.4, -0.2) is 26.3 Å². The van der Waals surface area contributed by atoms with Crippen LogP contribution < -0.4 is 5.32 Å². The summed E-state index contributed by atoms with van der Waals surface area (Å²) in [7, 11) is 0. The van der Waals surface area contributed by atoms with Crippen LogP contribution in [0.15, 0.2) is 0 Å². The smallest absolute Gasteiger partial charge is 0.0471 e. The van der Waals surface area contributed by atoms with Crippen molar-refractivity contribution in [3.05, 3.63) is 0 Å². The van der Waals surface area contributed by atoms with Crippen molar-refractivity contribution in [2.24, 2.45) is 5.41 Å². The molecule has 0 bridgehead atoms. The van der Waals surface area contributed by atoms with E-state index in [1.165, 1.54) is 45.2 Å². The van der Waals surface area contributed by atoms with Gasteiger partial charge in [0.15, 0.2) is 0 Å². The zero-order valence-corrected chi connectivity index (χ0v) is 7.77. The van der Waals surface area contributed by atoms with Gasteiger partial charge in [0.1, 0.15) is 0 Å². The molecule has 12 heavy (non-hydrogen) atoms. The van der Waals surface area contributed by atoms with Crippen molar-refractivity contribution in [1.82, 2.24) is 5.32 Å². The standard InChI is InChI=1S/C10H19NO/c1-2-6-11-9-10(3-1)4-7-12-8-5-10/h11H,1-9H2. The Morgan fingerprint density at radius 1 is 1.00 bits per heavy atom. The number of hydrogen-bond donors (Lipinski definition) is 1. The molecule has 2 fully saturated rings. The highest BCUT2D eigenvalue weighted by atomic mass is 16.5. The minimum atomic E-state index is 0.606. The quantitative estimate of drug-likeness (QED) is 0.594. The van der Waals surface area contributed by atoms with Crippen LogP contribution in [0.5, 0.6) is 0 Å². The molecule has 1 spiro atoms. The maximum Gasteiger partial charge on any atom is 0.0471 e. The SMILES string of the molecule is C1CCC2(CCOCC2)CNC1. The lowest BCUT2D eigenvalue weighted by Gasteiger charge is -2.36. The second-order valence-corrected chi connectivity index (χ2v) is 4.25. The summed E-state index contributed by atoms with van der Waals surface area (Å²) in [6.45, 7) is 4.43. The Bertz CT molecular complexity index is 131. The van der Waals surface area contributed by atoms with Gasteiger partial charge in [-0.15, -0.1) is 0 Å². The van der Waals surface area contributed by atoms with Gasteiger partial charge in [0.2, 0.25) is 0 Å². The van der Waals surface area contributed by atoms with Gasteiger partial charge in [0, 0.05) is 19.8 Å². The number of rotatable bonds is 0. The minimum absolute atomic E-state index is 0.606. The van der Waals surface area contributed by atoms with Crippen LogP contribution >= 0.6 is 0 Å². The summed E-state index contributed by atoms with van der Waals surface area (Å²) in [4.78, 5) is 0. The van der Waals surface area contributed by atoms with E-state index in [0.29, 0.717) is 5.41 Å². The van der Waals surface area contributed by atoms with Crippen molar-refractivity contribution in [2.75, 3.05) is 26.3 Å². The van der Waals surface area contributed by atoms with E-state index in [4.69, 9.17) is 4.74 Å². The lowest BCUT2D eigenvalue weighted by molar-refractivity contribution is 0.0128. The molecule has 1 N–H and O–H groups in total. The molecule has 0 amide bonds. The third kappa shape index (κ3) is 1.80. The summed E-state index contributed by atoms with van der Waals surface area (Å²) in [5, 5.41) is 3.55. The molecule has 0 atom stereocenters. The Labute approximate surface area is 74.7 Å². The fourth-order valence-electron chi connectivity index (χ4n) is 2.42. The number of ether oxygens (including phenoxy) is 1. The maximum atomic E-state index is 5.41. The zero-order chi connectivity index (χ0) is 8.28. The van der Waals surface area contributed by atoms with Crippen molar-refractivity contribution in [3.63, 3.8) is 0 Å². The van der Waals surface area contributed by atoms with Gasteiger partial charge in [-0.3, -0.25) is 0 Å². The molecule has 2 nitrogen and oxygen atoms in total. The van der Waals surface area contributed by atoms with Gasteiger partial charge in [-0.1, -0.05) is 6.42 Å². The summed E-state index contributed by atoms with van der Waals surface area (Å²) >= 11 is 0. The van der Waals surface area contributed by atoms with Crippen LogP contribution in [0.4, 0.5) is 0 Å². The monoisotopic (exact) mass is 169 g/mol. The van der Waals surface area contributed by atoms with E-state index in [1.807, 2.05) is 0 Å². The van der Waals surface area contributed by atoms with E-state index in [0.717, 1.165) is 13.2 Å². The summed E-state index contributed by atoms with van der Waals surface area (Å²) in [5.74, 6) is 0. The molecule has 2 aliphatic rings. The predicted molar refractivity (Wildman–Crippen MR) is 49.2 cm³/mol. The molecule has 0 aliphatic carbocycles. The largest absolute Gasteiger partial charge is 0.381 e. The van der Waals surface area contributed by atoms with Gasteiger partial charge in [-0.05, 0) is 37.6 Å². The van der Waals surface area contributed by atoms with Gasteiger partial charge in [-0.25, -0.2) is 0 Å². The van der Waals surface area contributed by atoms with E-state index < -0.39 is 0 Å². The van der Waals surface area contributed by atoms with Crippen molar-refractivity contribution >= 4 is 0 Å². The molecule has 0 aromatic carbocycles. The molecule has 0 aromatic rings. The van der Waals surface area contributed by atoms with Gasteiger partial charge in [-0.2, -0.15) is 0 Å². The first-order chi connectivity index (χ1) is 5.91. The van der Waals surface area contributed by atoms with Crippen LogP contribution in [0.1, 0.15) is 32.1 Å². The van der Waals surface area contributed by atoms with Crippen LogP contribution in [0.3, 0.4) is 0 Å². The molecule has 0 unspecified atom stereocenters. The predicted octanol–water partition coefficient (Wildman–Crippen LogP) is 1.56. The molecule has 0 saturated carbocycles. The van der Waals surface area contributed by atoms with Gasteiger partial charge < -0.3 is 10.1 Å².